The lowest BCUT2D eigenvalue weighted by Gasteiger charge is -1.91. The van der Waals surface area contributed by atoms with Crippen LogP contribution in [0, 0.1) is 0 Å². The van der Waals surface area contributed by atoms with Gasteiger partial charge in [0.2, 0.25) is 0 Å². The maximum Gasteiger partial charge on any atom is 0.355 e. The molecule has 0 aromatic carbocycles. The predicted molar refractivity (Wildman–Crippen MR) is 22.2 cm³/mol. The molecule has 0 aliphatic rings. The van der Waals surface area contributed by atoms with Crippen LogP contribution in [0.2, 0.25) is 0 Å². The van der Waals surface area contributed by atoms with E-state index in [0.29, 0.717) is 0 Å². The first-order valence-electron chi connectivity index (χ1n) is 1.74. The second-order valence-corrected chi connectivity index (χ2v) is 0.826. The fourth-order valence-electron chi connectivity index (χ4n) is 0.127. The molecular weight excluding hydrogens is 98.0 g/mol. The zero-order valence-electron chi connectivity index (χ0n) is 4.01. The molecule has 0 aliphatic heterocycles. The first-order chi connectivity index (χ1) is 3.31. The average molecular weight is 105 g/mol. The van der Waals surface area contributed by atoms with Gasteiger partial charge in [0.25, 0.3) is 0 Å². The fourth-order valence-corrected chi connectivity index (χ4v) is 0.127. The van der Waals surface area contributed by atoms with Crippen LogP contribution in [0.25, 0.3) is 0 Å². The van der Waals surface area contributed by atoms with Crippen molar-refractivity contribution in [1.29, 1.82) is 0 Å². The van der Waals surface area contributed by atoms with Crippen LogP contribution in [-0.4, -0.2) is 19.6 Å². The van der Waals surface area contributed by atoms with Crippen molar-refractivity contribution in [3.05, 3.63) is 0 Å². The molecule has 0 aliphatic carbocycles. The normalized spacial score (nSPS) is 8.29. The summed E-state index contributed by atoms with van der Waals surface area (Å²) in [5.41, 5.74) is 4.80. The highest BCUT2D eigenvalue weighted by atomic mass is 17.2. The van der Waals surface area contributed by atoms with Crippen LogP contribution >= 0.6 is 0 Å². The van der Waals surface area contributed by atoms with Gasteiger partial charge in [-0.05, 0) is 0 Å². The number of rotatable bonds is 2. The van der Waals surface area contributed by atoms with Gasteiger partial charge < -0.3 is 5.73 Å². The summed E-state index contributed by atoms with van der Waals surface area (Å²) >= 11 is 0. The van der Waals surface area contributed by atoms with Crippen molar-refractivity contribution in [2.75, 3.05) is 13.7 Å². The van der Waals surface area contributed by atoms with Crippen molar-refractivity contribution < 1.29 is 14.6 Å². The van der Waals surface area contributed by atoms with E-state index in [2.05, 4.69) is 9.78 Å². The van der Waals surface area contributed by atoms with Crippen LogP contribution in [0.5, 0.6) is 0 Å². The number of hydrogen-bond acceptors (Lipinski definition) is 4. The third kappa shape index (κ3) is 3.21. The van der Waals surface area contributed by atoms with Crippen molar-refractivity contribution in [2.24, 2.45) is 5.73 Å². The number of nitrogens with two attached hydrogens (primary N) is 1. The molecule has 0 rings (SSSR count). The second-order valence-electron chi connectivity index (χ2n) is 0.826. The lowest BCUT2D eigenvalue weighted by Crippen LogP contribution is -2.15. The Hall–Kier alpha value is -0.610. The van der Waals surface area contributed by atoms with Crippen molar-refractivity contribution in [3.8, 4) is 0 Å². The van der Waals surface area contributed by atoms with Crippen LogP contribution in [0.4, 0.5) is 0 Å². The molecule has 0 amide bonds. The average Bonchev–Trinajstić information content (AvgIpc) is 1.68. The van der Waals surface area contributed by atoms with Gasteiger partial charge in [0.15, 0.2) is 0 Å². The SMILES string of the molecule is COOC(=O)CN. The first kappa shape index (κ1) is 6.39. The molecule has 0 fully saturated rings. The number of carbonyl (C=O) groups excluding carboxylic acids is 1. The molecule has 0 saturated carbocycles. The molecule has 0 heterocycles. The highest BCUT2D eigenvalue weighted by Gasteiger charge is 1.93. The Labute approximate surface area is 41.1 Å². The maximum absolute atomic E-state index is 9.94. The van der Waals surface area contributed by atoms with E-state index in [0.717, 1.165) is 0 Å². The van der Waals surface area contributed by atoms with E-state index < -0.39 is 5.97 Å². The molecule has 0 unspecified atom stereocenters. The lowest BCUT2D eigenvalue weighted by atomic mass is 10.7. The third-order valence-corrected chi connectivity index (χ3v) is 0.343. The van der Waals surface area contributed by atoms with E-state index in [1.165, 1.54) is 7.11 Å². The summed E-state index contributed by atoms with van der Waals surface area (Å²) in [4.78, 5) is 17.8. The van der Waals surface area contributed by atoms with Crippen LogP contribution < -0.4 is 5.73 Å². The van der Waals surface area contributed by atoms with E-state index in [9.17, 15) is 4.79 Å². The van der Waals surface area contributed by atoms with Crippen LogP contribution in [0.15, 0.2) is 0 Å². The molecule has 42 valence electrons. The molecule has 0 radical (unpaired) electrons. The minimum absolute atomic E-state index is 0.145. The summed E-state index contributed by atoms with van der Waals surface area (Å²) in [7, 11) is 1.24. The predicted octanol–water partition coefficient (Wildman–Crippen LogP) is -0.950. The van der Waals surface area contributed by atoms with Crippen molar-refractivity contribution >= 4 is 5.97 Å². The summed E-state index contributed by atoms with van der Waals surface area (Å²) < 4.78 is 0. The summed E-state index contributed by atoms with van der Waals surface area (Å²) in [5, 5.41) is 0. The Morgan fingerprint density at radius 1 is 1.86 bits per heavy atom. The van der Waals surface area contributed by atoms with E-state index in [1.54, 1.807) is 0 Å². The van der Waals surface area contributed by atoms with Crippen LogP contribution in [0.1, 0.15) is 0 Å². The summed E-state index contributed by atoms with van der Waals surface area (Å²) in [5.74, 6) is -0.567. The summed E-state index contributed by atoms with van der Waals surface area (Å²) in [6.45, 7) is -0.145. The van der Waals surface area contributed by atoms with E-state index in [-0.39, 0.29) is 6.54 Å². The Bertz CT molecular complexity index is 63.2. The third-order valence-electron chi connectivity index (χ3n) is 0.343. The molecule has 0 aromatic rings. The van der Waals surface area contributed by atoms with Gasteiger partial charge in [-0.3, -0.25) is 4.89 Å². The van der Waals surface area contributed by atoms with Gasteiger partial charge in [-0.1, -0.05) is 0 Å². The number of carbonyl (C=O) groups is 1. The van der Waals surface area contributed by atoms with Crippen molar-refractivity contribution in [1.82, 2.24) is 0 Å². The van der Waals surface area contributed by atoms with Crippen molar-refractivity contribution in [2.45, 2.75) is 0 Å². The lowest BCUT2D eigenvalue weighted by molar-refractivity contribution is -0.253. The molecule has 0 saturated heterocycles. The van der Waals surface area contributed by atoms with Crippen molar-refractivity contribution in [3.63, 3.8) is 0 Å². The monoisotopic (exact) mass is 105 g/mol. The van der Waals surface area contributed by atoms with Gasteiger partial charge in [-0.2, -0.15) is 4.89 Å². The molecule has 0 aromatic heterocycles. The molecule has 7 heavy (non-hydrogen) atoms. The molecule has 4 heteroatoms. The maximum atomic E-state index is 9.94. The van der Waals surface area contributed by atoms with Crippen LogP contribution in [0.3, 0.4) is 0 Å². The molecule has 0 spiro atoms. The molecule has 2 N–H and O–H groups in total. The smallest absolute Gasteiger partial charge is 0.321 e. The highest BCUT2D eigenvalue weighted by molar-refractivity contribution is 5.70. The van der Waals surface area contributed by atoms with E-state index >= 15 is 0 Å². The molecule has 0 bridgehead atoms. The van der Waals surface area contributed by atoms with Gasteiger partial charge in [0.1, 0.15) is 0 Å². The number of hydrogen-bond donors (Lipinski definition) is 1. The molecule has 0 atom stereocenters. The minimum Gasteiger partial charge on any atom is -0.321 e. The Balaban J connectivity index is 3.00. The van der Waals surface area contributed by atoms with Gasteiger partial charge >= 0.3 is 5.97 Å². The Morgan fingerprint density at radius 3 is 2.57 bits per heavy atom. The van der Waals surface area contributed by atoms with Gasteiger partial charge in [0.05, 0.1) is 13.7 Å². The zero-order chi connectivity index (χ0) is 5.70. The standard InChI is InChI=1S/C3H7NO3/c1-6-7-3(5)2-4/h2,4H2,1H3. The first-order valence-corrected chi connectivity index (χ1v) is 1.74. The quantitative estimate of drug-likeness (QED) is 0.363. The largest absolute Gasteiger partial charge is 0.355 e. The molecule has 4 nitrogen and oxygen atoms in total. The second kappa shape index (κ2) is 3.58. The van der Waals surface area contributed by atoms with Gasteiger partial charge in [-0.25, -0.2) is 4.79 Å². The zero-order valence-corrected chi connectivity index (χ0v) is 4.01. The van der Waals surface area contributed by atoms with Gasteiger partial charge in [-0.15, -0.1) is 0 Å². The molecular formula is C3H7NO3. The Kier molecular flexibility index (Phi) is 3.26. The van der Waals surface area contributed by atoms with Gasteiger partial charge in [0, 0.05) is 0 Å². The highest BCUT2D eigenvalue weighted by Crippen LogP contribution is 1.70. The van der Waals surface area contributed by atoms with E-state index in [1.807, 2.05) is 0 Å². The summed E-state index contributed by atoms with van der Waals surface area (Å²) in [6, 6.07) is 0. The van der Waals surface area contributed by atoms with E-state index in [4.69, 9.17) is 5.73 Å². The van der Waals surface area contributed by atoms with Crippen LogP contribution in [-0.2, 0) is 14.6 Å². The minimum atomic E-state index is -0.567. The fraction of sp³-hybridized carbons (Fsp3) is 0.667. The Morgan fingerprint density at radius 2 is 2.43 bits per heavy atom. The topological polar surface area (TPSA) is 61.5 Å². The summed E-state index contributed by atoms with van der Waals surface area (Å²) in [6.07, 6.45) is 0.